The van der Waals surface area contributed by atoms with Gasteiger partial charge < -0.3 is 28.5 Å². The van der Waals surface area contributed by atoms with Crippen LogP contribution < -0.4 is 10.2 Å². The van der Waals surface area contributed by atoms with Gasteiger partial charge in [0.25, 0.3) is 7.82 Å². The van der Waals surface area contributed by atoms with Crippen molar-refractivity contribution in [3.05, 3.63) is 85.1 Å². The van der Waals surface area contributed by atoms with E-state index in [1.54, 1.807) is 0 Å². The summed E-state index contributed by atoms with van der Waals surface area (Å²) in [6.07, 6.45) is 74.1. The number of unbranched alkanes of at least 4 members (excludes halogenated alkanes) is 29. The van der Waals surface area contributed by atoms with Crippen molar-refractivity contribution in [3.63, 3.8) is 0 Å². The van der Waals surface area contributed by atoms with Crippen LogP contribution in [-0.2, 0) is 27.9 Å². The fourth-order valence-electron chi connectivity index (χ4n) is 8.90. The first-order valence-electron chi connectivity index (χ1n) is 31.9. The summed E-state index contributed by atoms with van der Waals surface area (Å²) in [5, 5.41) is 3.02. The molecule has 9 nitrogen and oxygen atoms in total. The number of carbonyl (C=O) groups is 2. The Morgan fingerprint density at radius 3 is 1.27 bits per heavy atom. The van der Waals surface area contributed by atoms with E-state index in [4.69, 9.17) is 13.8 Å². The highest BCUT2D eigenvalue weighted by molar-refractivity contribution is 7.45. The van der Waals surface area contributed by atoms with Gasteiger partial charge in [-0.25, -0.2) is 0 Å². The second-order valence-corrected chi connectivity index (χ2v) is 23.9. The third-order valence-electron chi connectivity index (χ3n) is 13.8. The Hall–Kier alpha value is -2.81. The number of phosphoric ester groups is 1. The van der Waals surface area contributed by atoms with Crippen molar-refractivity contribution in [1.29, 1.82) is 0 Å². The van der Waals surface area contributed by atoms with Crippen LogP contribution >= 0.6 is 7.82 Å². The highest BCUT2D eigenvalue weighted by atomic mass is 31.2. The molecule has 0 saturated heterocycles. The van der Waals surface area contributed by atoms with Crippen molar-refractivity contribution >= 4 is 19.7 Å². The number of hydrogen-bond acceptors (Lipinski definition) is 7. The molecule has 446 valence electrons. The Balaban J connectivity index is 5.14. The average molecular weight is 1100 g/mol. The zero-order chi connectivity index (χ0) is 56.4. The molecular formula is C67H121N2O7P. The first kappa shape index (κ1) is 74.2. The lowest BCUT2D eigenvalue weighted by Gasteiger charge is -2.30. The van der Waals surface area contributed by atoms with Gasteiger partial charge in [-0.15, -0.1) is 0 Å². The molecule has 10 heteroatoms. The Morgan fingerprint density at radius 2 is 0.831 bits per heavy atom. The smallest absolute Gasteiger partial charge is 0.306 e. The fourth-order valence-corrected chi connectivity index (χ4v) is 9.62. The third kappa shape index (κ3) is 57.7. The molecule has 0 rings (SSSR count). The van der Waals surface area contributed by atoms with Gasteiger partial charge in [0.05, 0.1) is 33.8 Å². The van der Waals surface area contributed by atoms with Gasteiger partial charge in [0.15, 0.2) is 0 Å². The Labute approximate surface area is 476 Å². The van der Waals surface area contributed by atoms with Crippen molar-refractivity contribution in [3.8, 4) is 0 Å². The zero-order valence-corrected chi connectivity index (χ0v) is 51.8. The molecule has 0 aromatic heterocycles. The van der Waals surface area contributed by atoms with Crippen molar-refractivity contribution in [2.75, 3.05) is 40.9 Å². The fraction of sp³-hybridized carbons (Fsp3) is 0.761. The van der Waals surface area contributed by atoms with Crippen molar-refractivity contribution in [2.45, 2.75) is 290 Å². The number of allylic oxidation sites excluding steroid dienone is 13. The molecule has 0 aliphatic heterocycles. The van der Waals surface area contributed by atoms with E-state index >= 15 is 0 Å². The molecular weight excluding hydrogens is 976 g/mol. The maximum Gasteiger partial charge on any atom is 0.306 e. The second-order valence-electron chi connectivity index (χ2n) is 22.5. The molecule has 0 aromatic carbocycles. The van der Waals surface area contributed by atoms with Gasteiger partial charge in [-0.05, 0) is 102 Å². The zero-order valence-electron chi connectivity index (χ0n) is 50.9. The van der Waals surface area contributed by atoms with Crippen LogP contribution in [-0.4, -0.2) is 69.4 Å². The molecule has 0 saturated carbocycles. The highest BCUT2D eigenvalue weighted by Crippen LogP contribution is 2.38. The van der Waals surface area contributed by atoms with Crippen LogP contribution in [0, 0.1) is 0 Å². The van der Waals surface area contributed by atoms with Crippen molar-refractivity contribution < 1.29 is 37.3 Å². The molecule has 1 amide bonds. The monoisotopic (exact) mass is 1100 g/mol. The first-order valence-corrected chi connectivity index (χ1v) is 33.4. The number of carbonyl (C=O) groups excluding carboxylic acids is 2. The Bertz CT molecular complexity index is 1590. The van der Waals surface area contributed by atoms with Crippen LogP contribution in [0.3, 0.4) is 0 Å². The lowest BCUT2D eigenvalue weighted by atomic mass is 10.0. The van der Waals surface area contributed by atoms with Gasteiger partial charge >= 0.3 is 5.97 Å². The van der Waals surface area contributed by atoms with Gasteiger partial charge in [0, 0.05) is 12.8 Å². The lowest BCUT2D eigenvalue weighted by molar-refractivity contribution is -0.870. The molecule has 0 spiro atoms. The summed E-state index contributed by atoms with van der Waals surface area (Å²) in [4.78, 5) is 40.0. The van der Waals surface area contributed by atoms with Crippen LogP contribution in [0.4, 0.5) is 0 Å². The van der Waals surface area contributed by atoms with Gasteiger partial charge in [0.2, 0.25) is 5.91 Å². The summed E-state index contributed by atoms with van der Waals surface area (Å²) in [6, 6.07) is -0.902. The van der Waals surface area contributed by atoms with E-state index in [1.807, 2.05) is 33.3 Å². The molecule has 0 aromatic rings. The second kappa shape index (κ2) is 56.5. The first-order chi connectivity index (χ1) is 37.4. The number of quaternary nitrogens is 1. The minimum absolute atomic E-state index is 0.0293. The van der Waals surface area contributed by atoms with E-state index in [0.29, 0.717) is 23.9 Å². The highest BCUT2D eigenvalue weighted by Gasteiger charge is 2.27. The van der Waals surface area contributed by atoms with E-state index in [-0.39, 0.29) is 24.9 Å². The average Bonchev–Trinajstić information content (AvgIpc) is 3.39. The van der Waals surface area contributed by atoms with E-state index < -0.39 is 26.6 Å². The third-order valence-corrected chi connectivity index (χ3v) is 14.8. The number of rotatable bonds is 57. The summed E-state index contributed by atoms with van der Waals surface area (Å²) in [6.45, 7) is 6.69. The van der Waals surface area contributed by atoms with Crippen LogP contribution in [0.15, 0.2) is 85.1 Å². The van der Waals surface area contributed by atoms with E-state index in [9.17, 15) is 19.0 Å². The molecule has 1 N–H and O–H groups in total. The molecule has 77 heavy (non-hydrogen) atoms. The summed E-state index contributed by atoms with van der Waals surface area (Å²) in [7, 11) is 1.16. The maximum atomic E-state index is 13.5. The van der Waals surface area contributed by atoms with Gasteiger partial charge in [-0.1, -0.05) is 247 Å². The number of esters is 1. The summed E-state index contributed by atoms with van der Waals surface area (Å²) < 4.78 is 30.3. The van der Waals surface area contributed by atoms with Gasteiger partial charge in [-0.3, -0.25) is 14.2 Å². The molecule has 0 heterocycles. The van der Waals surface area contributed by atoms with Gasteiger partial charge in [-0.2, -0.15) is 0 Å². The van der Waals surface area contributed by atoms with E-state index in [2.05, 4.69) is 99.0 Å². The molecule has 0 fully saturated rings. The molecule has 0 aliphatic rings. The number of phosphoric acid groups is 1. The number of likely N-dealkylation sites (N-methyl/N-ethyl adjacent to an activating group) is 1. The SMILES string of the molecule is CC/C=C/C/C=C/C/C=C/CCCCCCC(=O)OC(/C=C\CCCCCCCCCCCC)C(COP(=O)([O-])OCC[N+](C)(C)C)NC(=O)CCCCCCCCCCCCCC/C=C\C/C=C\C/C=C\CCCCC. The van der Waals surface area contributed by atoms with Crippen molar-refractivity contribution in [2.24, 2.45) is 0 Å². The van der Waals surface area contributed by atoms with Crippen LogP contribution in [0.2, 0.25) is 0 Å². The molecule has 0 radical (unpaired) electrons. The minimum Gasteiger partial charge on any atom is -0.756 e. The predicted octanol–water partition coefficient (Wildman–Crippen LogP) is 19.1. The summed E-state index contributed by atoms with van der Waals surface area (Å²) in [5.41, 5.74) is 0. The minimum atomic E-state index is -4.71. The number of amides is 1. The number of hydrogen-bond donors (Lipinski definition) is 1. The number of nitrogens with one attached hydrogen (secondary N) is 1. The van der Waals surface area contributed by atoms with Crippen LogP contribution in [0.1, 0.15) is 278 Å². The Morgan fingerprint density at radius 1 is 0.468 bits per heavy atom. The quantitative estimate of drug-likeness (QED) is 0.0212. The van der Waals surface area contributed by atoms with Crippen LogP contribution in [0.25, 0.3) is 0 Å². The molecule has 0 bridgehead atoms. The van der Waals surface area contributed by atoms with Crippen molar-refractivity contribution in [1.82, 2.24) is 5.32 Å². The van der Waals surface area contributed by atoms with Gasteiger partial charge in [0.1, 0.15) is 19.3 Å². The topological polar surface area (TPSA) is 114 Å². The summed E-state index contributed by atoms with van der Waals surface area (Å²) in [5.74, 6) is -0.568. The normalized spacial score (nSPS) is 14.2. The lowest BCUT2D eigenvalue weighted by Crippen LogP contribution is -2.47. The van der Waals surface area contributed by atoms with Crippen LogP contribution in [0.5, 0.6) is 0 Å². The summed E-state index contributed by atoms with van der Waals surface area (Å²) >= 11 is 0. The van der Waals surface area contributed by atoms with E-state index in [1.165, 1.54) is 135 Å². The number of nitrogens with zero attached hydrogens (tertiary/aromatic N) is 1. The number of ether oxygens (including phenoxy) is 1. The standard InChI is InChI=1S/C67H121N2O7P/c1-7-10-13-16-19-22-25-28-30-31-32-33-34-35-36-37-38-39-40-41-44-47-50-53-56-59-66(70)68-64(63-75-77(72,73)74-62-61-69(4,5)6)65(58-55-52-49-46-43-27-24-21-18-15-12-9-3)76-67(71)60-57-54-51-48-45-42-29-26-23-20-17-14-11-8-2/h11,14,19-20,22-23,28-30,32-33,42,55,58,64-65H,7-10,12-13,15-18,21,24-27,31,34-41,43-54,56-57,59-63H2,1-6H3,(H-,68,70,72,73)/b14-11+,22-19-,23-20+,30-28-,33-32-,42-29+,58-55-. The Kier molecular flexibility index (Phi) is 54.4. The predicted molar refractivity (Wildman–Crippen MR) is 330 cm³/mol. The maximum absolute atomic E-state index is 13.5. The molecule has 3 atom stereocenters. The van der Waals surface area contributed by atoms with E-state index in [0.717, 1.165) is 103 Å². The molecule has 0 aliphatic carbocycles. The molecule has 3 unspecified atom stereocenters. The largest absolute Gasteiger partial charge is 0.756 e.